The molecule has 0 saturated heterocycles. The Hall–Kier alpha value is -3.78. The molecule has 4 aromatic rings. The number of benzene rings is 2. The summed E-state index contributed by atoms with van der Waals surface area (Å²) in [6.07, 6.45) is 0. The Morgan fingerprint density at radius 3 is 2.36 bits per heavy atom. The molecule has 2 aromatic heterocycles. The highest BCUT2D eigenvalue weighted by Gasteiger charge is 2.23. The van der Waals surface area contributed by atoms with Gasteiger partial charge in [-0.25, -0.2) is 28.4 Å². The van der Waals surface area contributed by atoms with Gasteiger partial charge in [-0.3, -0.25) is 10.3 Å². The van der Waals surface area contributed by atoms with Crippen molar-refractivity contribution in [1.29, 1.82) is 0 Å². The number of nitrogens with one attached hydrogen (secondary N) is 1. The predicted molar refractivity (Wildman–Crippen MR) is 116 cm³/mol. The Labute approximate surface area is 191 Å². The summed E-state index contributed by atoms with van der Waals surface area (Å²) < 4.78 is 29.2. The van der Waals surface area contributed by atoms with Crippen LogP contribution in [0.4, 0.5) is 4.79 Å². The Bertz CT molecular complexity index is 1420. The molecule has 33 heavy (non-hydrogen) atoms. The van der Waals surface area contributed by atoms with Crippen LogP contribution in [0, 0.1) is 0 Å². The topological polar surface area (TPSA) is 194 Å². The molecule has 0 unspecified atom stereocenters. The van der Waals surface area contributed by atoms with Gasteiger partial charge in [-0.1, -0.05) is 28.9 Å². The number of hydrogen-bond acceptors (Lipinski definition) is 8. The van der Waals surface area contributed by atoms with Crippen LogP contribution >= 0.6 is 11.6 Å². The van der Waals surface area contributed by atoms with E-state index in [1.165, 1.54) is 24.3 Å². The summed E-state index contributed by atoms with van der Waals surface area (Å²) in [4.78, 5) is 15.6. The van der Waals surface area contributed by atoms with E-state index in [9.17, 15) is 18.4 Å². The Kier molecular flexibility index (Phi) is 5.86. The fourth-order valence-corrected chi connectivity index (χ4v) is 3.62. The van der Waals surface area contributed by atoms with Crippen molar-refractivity contribution in [2.24, 2.45) is 10.9 Å². The number of oxazole rings is 1. The van der Waals surface area contributed by atoms with Crippen LogP contribution in [0.3, 0.4) is 0 Å². The van der Waals surface area contributed by atoms with Gasteiger partial charge >= 0.3 is 6.03 Å². The van der Waals surface area contributed by atoms with Crippen LogP contribution in [-0.2, 0) is 16.6 Å². The van der Waals surface area contributed by atoms with Gasteiger partial charge in [-0.2, -0.15) is 0 Å². The molecule has 2 aromatic carbocycles. The number of urea groups is 1. The molecule has 0 saturated carbocycles. The highest BCUT2D eigenvalue weighted by Crippen LogP contribution is 2.36. The average Bonchev–Trinajstić information content (AvgIpc) is 3.40. The number of nitrogens with zero attached hydrogens (tertiary/aromatic N) is 4. The van der Waals surface area contributed by atoms with Crippen LogP contribution in [0.5, 0.6) is 0 Å². The first kappa shape index (κ1) is 22.4. The number of primary amides is 1. The first-order valence-electron chi connectivity index (χ1n) is 9.19. The summed E-state index contributed by atoms with van der Waals surface area (Å²) in [5, 5.41) is 25.8. The second-order valence-corrected chi connectivity index (χ2v) is 8.80. The van der Waals surface area contributed by atoms with Crippen molar-refractivity contribution in [3.05, 3.63) is 59.2 Å². The summed E-state index contributed by atoms with van der Waals surface area (Å²) in [6.45, 7) is -0.363. The van der Waals surface area contributed by atoms with Crippen molar-refractivity contribution in [3.63, 3.8) is 0 Å². The molecule has 170 valence electrons. The maximum atomic E-state index is 11.6. The highest BCUT2D eigenvalue weighted by atomic mass is 35.5. The van der Waals surface area contributed by atoms with Crippen LogP contribution in [0.15, 0.2) is 57.8 Å². The van der Waals surface area contributed by atoms with Gasteiger partial charge in [0.05, 0.1) is 11.4 Å². The molecule has 6 N–H and O–H groups in total. The van der Waals surface area contributed by atoms with Gasteiger partial charge < -0.3 is 10.2 Å². The van der Waals surface area contributed by atoms with E-state index in [1.54, 1.807) is 24.3 Å². The summed E-state index contributed by atoms with van der Waals surface area (Å²) >= 11 is 5.99. The second kappa shape index (κ2) is 8.63. The van der Waals surface area contributed by atoms with E-state index in [4.69, 9.17) is 26.9 Å². The third-order valence-corrected chi connectivity index (χ3v) is 5.76. The minimum atomic E-state index is -3.87. The summed E-state index contributed by atoms with van der Waals surface area (Å²) in [7, 11) is -3.87. The van der Waals surface area contributed by atoms with Gasteiger partial charge in [0.1, 0.15) is 17.1 Å². The zero-order valence-corrected chi connectivity index (χ0v) is 18.2. The Balaban J connectivity index is 1.83. The number of rotatable bonds is 6. The van der Waals surface area contributed by atoms with Crippen LogP contribution in [0.25, 0.3) is 34.2 Å². The van der Waals surface area contributed by atoms with Crippen molar-refractivity contribution >= 4 is 27.7 Å². The second-order valence-electron chi connectivity index (χ2n) is 6.80. The van der Waals surface area contributed by atoms with Crippen LogP contribution < -0.4 is 10.9 Å². The molecule has 2 heterocycles. The molecule has 0 fully saturated rings. The molecule has 2 amide bonds. The van der Waals surface area contributed by atoms with Crippen LogP contribution in [0.1, 0.15) is 5.69 Å². The average molecular weight is 490 g/mol. The number of carbonyl (C=O) groups is 1. The fourth-order valence-electron chi connectivity index (χ4n) is 2.97. The number of hydroxylamine groups is 2. The lowest BCUT2D eigenvalue weighted by Crippen LogP contribution is -2.32. The zero-order valence-electron chi connectivity index (χ0n) is 16.6. The van der Waals surface area contributed by atoms with Gasteiger partial charge in [-0.05, 0) is 36.4 Å². The summed E-state index contributed by atoms with van der Waals surface area (Å²) in [5.41, 5.74) is 6.97. The molecule has 0 bridgehead atoms. The van der Waals surface area contributed by atoms with Crippen molar-refractivity contribution in [1.82, 2.24) is 25.5 Å². The van der Waals surface area contributed by atoms with E-state index in [1.807, 2.05) is 0 Å². The first-order chi connectivity index (χ1) is 15.6. The normalized spacial score (nSPS) is 11.5. The number of sulfonamides is 1. The fraction of sp³-hybridized carbons (Fsp3) is 0.0526. The van der Waals surface area contributed by atoms with Gasteiger partial charge in [0, 0.05) is 16.1 Å². The Morgan fingerprint density at radius 2 is 1.76 bits per heavy atom. The lowest BCUT2D eigenvalue weighted by Gasteiger charge is -2.09. The minimum Gasteiger partial charge on any atom is -0.434 e. The maximum absolute atomic E-state index is 11.6. The molecule has 4 rings (SSSR count). The predicted octanol–water partition coefficient (Wildman–Crippen LogP) is 2.36. The molecular weight excluding hydrogens is 474 g/mol. The first-order valence-corrected chi connectivity index (χ1v) is 11.1. The van der Waals surface area contributed by atoms with Crippen molar-refractivity contribution in [2.45, 2.75) is 11.4 Å². The number of nitrogens with two attached hydrogens (primary N) is 2. The van der Waals surface area contributed by atoms with E-state index in [-0.39, 0.29) is 33.8 Å². The van der Waals surface area contributed by atoms with Gasteiger partial charge in [-0.15, -0.1) is 5.10 Å². The molecule has 14 heteroatoms. The number of hydrogen-bond donors (Lipinski definition) is 4. The van der Waals surface area contributed by atoms with Crippen molar-refractivity contribution in [3.8, 4) is 34.2 Å². The quantitative estimate of drug-likeness (QED) is 0.234. The third kappa shape index (κ3) is 4.70. The number of H-pyrrole nitrogens is 1. The molecule has 0 atom stereocenters. The van der Waals surface area contributed by atoms with Crippen LogP contribution in [0.2, 0.25) is 5.02 Å². The number of amides is 2. The maximum Gasteiger partial charge on any atom is 0.338 e. The van der Waals surface area contributed by atoms with Gasteiger partial charge in [0.2, 0.25) is 15.9 Å². The molecule has 0 aliphatic carbocycles. The molecular formula is C19H16ClN7O5S. The minimum absolute atomic E-state index is 0.0578. The number of halogens is 1. The SMILES string of the molecule is NC(=O)N(O)Cc1nn[nH]c1-c1nc(-c2ccc(S(N)(=O)=O)cc2)c(-c2ccc(Cl)cc2)o1. The zero-order chi connectivity index (χ0) is 23.8. The third-order valence-electron chi connectivity index (χ3n) is 4.58. The van der Waals surface area contributed by atoms with E-state index in [0.717, 1.165) is 0 Å². The smallest absolute Gasteiger partial charge is 0.338 e. The standard InChI is InChI=1S/C19H16ClN7O5S/c20-12-5-1-11(2-6-12)17-15(10-3-7-13(8-4-10)33(22,30)31)23-18(32-17)16-14(24-26-25-16)9-27(29)19(21)28/h1-8,29H,9H2,(H2,21,28)(H2,22,30,31)(H,24,25,26). The number of primary sulfonamides is 1. The largest absolute Gasteiger partial charge is 0.434 e. The number of aromatic amines is 1. The molecule has 0 spiro atoms. The number of aromatic nitrogens is 4. The van der Waals surface area contributed by atoms with Gasteiger partial charge in [0.25, 0.3) is 0 Å². The summed E-state index contributed by atoms with van der Waals surface area (Å²) in [5.74, 6) is 0.407. The molecule has 0 aliphatic rings. The molecule has 0 radical (unpaired) electrons. The van der Waals surface area contributed by atoms with E-state index >= 15 is 0 Å². The monoisotopic (exact) mass is 489 g/mol. The van der Waals surface area contributed by atoms with Crippen molar-refractivity contribution in [2.75, 3.05) is 0 Å². The molecule has 0 aliphatic heterocycles. The van der Waals surface area contributed by atoms with Crippen molar-refractivity contribution < 1.29 is 22.8 Å². The Morgan fingerprint density at radius 1 is 1.12 bits per heavy atom. The van der Waals surface area contributed by atoms with Crippen LogP contribution in [-0.4, -0.2) is 45.1 Å². The number of carbonyl (C=O) groups excluding carboxylic acids is 1. The molecule has 12 nitrogen and oxygen atoms in total. The lowest BCUT2D eigenvalue weighted by molar-refractivity contribution is -0.0478. The van der Waals surface area contributed by atoms with E-state index in [0.29, 0.717) is 27.6 Å². The summed E-state index contributed by atoms with van der Waals surface area (Å²) in [6, 6.07) is 11.5. The highest BCUT2D eigenvalue weighted by molar-refractivity contribution is 7.89. The lowest BCUT2D eigenvalue weighted by atomic mass is 10.1. The van der Waals surface area contributed by atoms with Gasteiger partial charge in [0.15, 0.2) is 5.76 Å². The van der Waals surface area contributed by atoms with E-state index in [2.05, 4.69) is 20.4 Å². The van der Waals surface area contributed by atoms with E-state index < -0.39 is 16.1 Å².